The van der Waals surface area contributed by atoms with Gasteiger partial charge in [0.25, 0.3) is 0 Å². The third kappa shape index (κ3) is 3.27. The van der Waals surface area contributed by atoms with Crippen molar-refractivity contribution in [2.75, 3.05) is 13.1 Å². The van der Waals surface area contributed by atoms with Crippen LogP contribution in [0.25, 0.3) is 10.9 Å². The van der Waals surface area contributed by atoms with Crippen molar-refractivity contribution in [3.63, 3.8) is 0 Å². The molecular weight excluding hydrogens is 312 g/mol. The fraction of sp³-hybridized carbons (Fsp3) is 0.350. The van der Waals surface area contributed by atoms with Gasteiger partial charge in [0.1, 0.15) is 0 Å². The maximum absolute atomic E-state index is 12.9. The number of amides is 1. The molecule has 1 amide bonds. The van der Waals surface area contributed by atoms with E-state index >= 15 is 0 Å². The highest BCUT2D eigenvalue weighted by molar-refractivity contribution is 5.87. The summed E-state index contributed by atoms with van der Waals surface area (Å²) < 4.78 is 2.01. The summed E-state index contributed by atoms with van der Waals surface area (Å²) >= 11 is 0. The predicted octanol–water partition coefficient (Wildman–Crippen LogP) is 3.15. The average Bonchev–Trinajstić information content (AvgIpc) is 3.09. The lowest BCUT2D eigenvalue weighted by atomic mass is 10.0. The number of para-hydroxylation sites is 1. The van der Waals surface area contributed by atoms with E-state index < -0.39 is 0 Å². The van der Waals surface area contributed by atoms with Gasteiger partial charge in [-0.25, -0.2) is 0 Å². The molecule has 0 bridgehead atoms. The Hall–Kier alpha value is -2.69. The Balaban J connectivity index is 1.50. The van der Waals surface area contributed by atoms with Gasteiger partial charge in [0.05, 0.1) is 24.2 Å². The van der Waals surface area contributed by atoms with Crippen LogP contribution >= 0.6 is 0 Å². The minimum Gasteiger partial charge on any atom is -0.340 e. The summed E-state index contributed by atoms with van der Waals surface area (Å²) in [6.45, 7) is 3.61. The third-order valence-corrected chi connectivity index (χ3v) is 4.91. The summed E-state index contributed by atoms with van der Waals surface area (Å²) in [6.07, 6.45) is 8.21. The summed E-state index contributed by atoms with van der Waals surface area (Å²) in [4.78, 5) is 19.3. The Bertz CT molecular complexity index is 896. The van der Waals surface area contributed by atoms with Crippen LogP contribution in [0.15, 0.2) is 48.9 Å². The number of carbonyl (C=O) groups excluding carboxylic acids is 1. The molecule has 1 aromatic carbocycles. The minimum absolute atomic E-state index is 0.173. The molecule has 1 aliphatic rings. The lowest BCUT2D eigenvalue weighted by Gasteiger charge is -2.33. The Morgan fingerprint density at radius 1 is 1.28 bits per heavy atom. The molecule has 4 rings (SSSR count). The van der Waals surface area contributed by atoms with E-state index in [2.05, 4.69) is 16.3 Å². The molecule has 0 aliphatic carbocycles. The first-order valence-corrected chi connectivity index (χ1v) is 8.82. The van der Waals surface area contributed by atoms with Gasteiger partial charge in [-0.2, -0.15) is 5.10 Å². The van der Waals surface area contributed by atoms with Crippen LogP contribution in [0, 0.1) is 6.92 Å². The monoisotopic (exact) mass is 334 g/mol. The number of hydrogen-bond donors (Lipinski definition) is 0. The van der Waals surface area contributed by atoms with E-state index in [0.717, 1.165) is 48.0 Å². The molecule has 1 aliphatic heterocycles. The number of fused-ring (bicyclic) bond motifs is 1. The Morgan fingerprint density at radius 2 is 2.16 bits per heavy atom. The van der Waals surface area contributed by atoms with Crippen molar-refractivity contribution >= 4 is 16.8 Å². The molecule has 5 nitrogen and oxygen atoms in total. The first kappa shape index (κ1) is 15.8. The van der Waals surface area contributed by atoms with Crippen molar-refractivity contribution in [2.45, 2.75) is 32.2 Å². The summed E-state index contributed by atoms with van der Waals surface area (Å²) in [7, 11) is 0. The molecule has 0 saturated carbocycles. The van der Waals surface area contributed by atoms with Crippen LogP contribution in [0.3, 0.4) is 0 Å². The minimum atomic E-state index is 0.173. The van der Waals surface area contributed by atoms with Crippen LogP contribution in [0.1, 0.15) is 30.0 Å². The zero-order chi connectivity index (χ0) is 17.2. The molecule has 5 heteroatoms. The second-order valence-electron chi connectivity index (χ2n) is 6.80. The average molecular weight is 334 g/mol. The van der Waals surface area contributed by atoms with Crippen molar-refractivity contribution in [2.24, 2.45) is 0 Å². The van der Waals surface area contributed by atoms with Gasteiger partial charge >= 0.3 is 0 Å². The van der Waals surface area contributed by atoms with E-state index in [1.165, 1.54) is 0 Å². The molecule has 0 N–H and O–H groups in total. The van der Waals surface area contributed by atoms with Crippen LogP contribution in [-0.2, 0) is 11.2 Å². The van der Waals surface area contributed by atoms with Crippen molar-refractivity contribution in [1.82, 2.24) is 19.7 Å². The Kier molecular flexibility index (Phi) is 4.22. The second kappa shape index (κ2) is 6.67. The normalized spacial score (nSPS) is 17.8. The smallest absolute Gasteiger partial charge is 0.227 e. The first-order valence-electron chi connectivity index (χ1n) is 8.82. The quantitative estimate of drug-likeness (QED) is 0.739. The summed E-state index contributed by atoms with van der Waals surface area (Å²) in [5.41, 5.74) is 3.08. The first-order chi connectivity index (χ1) is 12.2. The Labute approximate surface area is 147 Å². The van der Waals surface area contributed by atoms with Gasteiger partial charge < -0.3 is 4.90 Å². The zero-order valence-electron chi connectivity index (χ0n) is 14.4. The van der Waals surface area contributed by atoms with Crippen LogP contribution in [0.2, 0.25) is 0 Å². The SMILES string of the molecule is Cc1cnn(C2CCCN(C(=O)Cc3cccc4cccnc34)C2)c1. The van der Waals surface area contributed by atoms with Gasteiger partial charge in [-0.05, 0) is 37.0 Å². The topological polar surface area (TPSA) is 51.0 Å². The molecule has 0 radical (unpaired) electrons. The maximum Gasteiger partial charge on any atom is 0.227 e. The molecule has 128 valence electrons. The number of piperidine rings is 1. The van der Waals surface area contributed by atoms with Gasteiger partial charge in [-0.1, -0.05) is 24.3 Å². The molecule has 1 unspecified atom stereocenters. The molecule has 1 fully saturated rings. The third-order valence-electron chi connectivity index (χ3n) is 4.91. The molecule has 25 heavy (non-hydrogen) atoms. The number of likely N-dealkylation sites (tertiary alicyclic amines) is 1. The van der Waals surface area contributed by atoms with Crippen molar-refractivity contribution in [3.8, 4) is 0 Å². The van der Waals surface area contributed by atoms with E-state index in [1.807, 2.05) is 53.0 Å². The zero-order valence-corrected chi connectivity index (χ0v) is 14.4. The molecule has 2 aromatic heterocycles. The van der Waals surface area contributed by atoms with E-state index in [1.54, 1.807) is 6.20 Å². The molecule has 3 heterocycles. The van der Waals surface area contributed by atoms with E-state index in [-0.39, 0.29) is 11.9 Å². The summed E-state index contributed by atoms with van der Waals surface area (Å²) in [5.74, 6) is 0.173. The number of carbonyl (C=O) groups is 1. The summed E-state index contributed by atoms with van der Waals surface area (Å²) in [6, 6.07) is 10.3. The van der Waals surface area contributed by atoms with Crippen LogP contribution in [0.5, 0.6) is 0 Å². The van der Waals surface area contributed by atoms with Gasteiger partial charge in [0.15, 0.2) is 0 Å². The highest BCUT2D eigenvalue weighted by Gasteiger charge is 2.25. The number of pyridine rings is 1. The van der Waals surface area contributed by atoms with E-state index in [0.29, 0.717) is 6.42 Å². The van der Waals surface area contributed by atoms with Crippen molar-refractivity contribution in [1.29, 1.82) is 0 Å². The molecular formula is C20H22N4O. The number of aryl methyl sites for hydroxylation is 1. The Morgan fingerprint density at radius 3 is 3.00 bits per heavy atom. The number of benzene rings is 1. The highest BCUT2D eigenvalue weighted by atomic mass is 16.2. The fourth-order valence-electron chi connectivity index (χ4n) is 3.61. The van der Waals surface area contributed by atoms with E-state index in [4.69, 9.17) is 0 Å². The standard InChI is InChI=1S/C20H22N4O/c1-15-12-22-24(13-15)18-8-4-10-23(14-18)19(25)11-17-6-2-5-16-7-3-9-21-20(16)17/h2-3,5-7,9,12-13,18H,4,8,10-11,14H2,1H3. The lowest BCUT2D eigenvalue weighted by Crippen LogP contribution is -2.41. The molecule has 0 spiro atoms. The number of rotatable bonds is 3. The molecule has 1 atom stereocenters. The van der Waals surface area contributed by atoms with Crippen LogP contribution in [-0.4, -0.2) is 38.7 Å². The van der Waals surface area contributed by atoms with Gasteiger partial charge in [0, 0.05) is 30.9 Å². The van der Waals surface area contributed by atoms with E-state index in [9.17, 15) is 4.79 Å². The van der Waals surface area contributed by atoms with Gasteiger partial charge in [0.2, 0.25) is 5.91 Å². The fourth-order valence-corrected chi connectivity index (χ4v) is 3.61. The number of nitrogens with zero attached hydrogens (tertiary/aromatic N) is 4. The van der Waals surface area contributed by atoms with Crippen molar-refractivity contribution in [3.05, 3.63) is 60.0 Å². The predicted molar refractivity (Wildman–Crippen MR) is 97.3 cm³/mol. The number of aromatic nitrogens is 3. The van der Waals surface area contributed by atoms with Gasteiger partial charge in [-0.3, -0.25) is 14.5 Å². The van der Waals surface area contributed by atoms with Gasteiger partial charge in [-0.15, -0.1) is 0 Å². The second-order valence-corrected chi connectivity index (χ2v) is 6.80. The number of hydrogen-bond acceptors (Lipinski definition) is 3. The van der Waals surface area contributed by atoms with Crippen LogP contribution in [0.4, 0.5) is 0 Å². The molecule has 1 saturated heterocycles. The highest BCUT2D eigenvalue weighted by Crippen LogP contribution is 2.23. The van der Waals surface area contributed by atoms with Crippen molar-refractivity contribution < 1.29 is 4.79 Å². The maximum atomic E-state index is 12.9. The summed E-state index contributed by atoms with van der Waals surface area (Å²) in [5, 5.41) is 5.51. The largest absolute Gasteiger partial charge is 0.340 e. The molecule has 3 aromatic rings. The van der Waals surface area contributed by atoms with Crippen LogP contribution < -0.4 is 0 Å². The lowest BCUT2D eigenvalue weighted by molar-refractivity contribution is -0.132.